The number of nitrogens with zero attached hydrogens (tertiary/aromatic N) is 1. The number of nitrogens with one attached hydrogen (secondary N) is 1. The van der Waals surface area contributed by atoms with Gasteiger partial charge in [-0.15, -0.1) is 0 Å². The Morgan fingerprint density at radius 2 is 1.76 bits per heavy atom. The zero-order chi connectivity index (χ0) is 21.6. The lowest BCUT2D eigenvalue weighted by molar-refractivity contribution is 0.102. The third-order valence-electron chi connectivity index (χ3n) is 4.29. The highest BCUT2D eigenvalue weighted by Crippen LogP contribution is 2.31. The number of methoxy groups -OCH3 is 1. The zero-order valence-electron chi connectivity index (χ0n) is 16.9. The van der Waals surface area contributed by atoms with Crippen molar-refractivity contribution in [3.05, 3.63) is 42.0 Å². The molecule has 2 rings (SSSR count). The Morgan fingerprint density at radius 1 is 1.07 bits per heavy atom. The lowest BCUT2D eigenvalue weighted by atomic mass is 10.1. The lowest BCUT2D eigenvalue weighted by Crippen LogP contribution is -2.30. The first-order valence-corrected chi connectivity index (χ1v) is 10.7. The van der Waals surface area contributed by atoms with Gasteiger partial charge in [-0.1, -0.05) is 13.8 Å². The molecule has 1 amide bonds. The van der Waals surface area contributed by atoms with E-state index in [0.29, 0.717) is 31.2 Å². The van der Waals surface area contributed by atoms with E-state index in [1.54, 1.807) is 26.0 Å². The van der Waals surface area contributed by atoms with Gasteiger partial charge in [0.1, 0.15) is 5.75 Å². The fourth-order valence-electron chi connectivity index (χ4n) is 2.77. The molecule has 2 aromatic rings. The Hall–Kier alpha value is -2.78. The van der Waals surface area contributed by atoms with Gasteiger partial charge in [0, 0.05) is 18.7 Å². The lowest BCUT2D eigenvalue weighted by Gasteiger charge is -2.19. The van der Waals surface area contributed by atoms with Crippen LogP contribution in [0, 0.1) is 0 Å². The molecule has 0 saturated heterocycles. The fourth-order valence-corrected chi connectivity index (χ4v) is 4.25. The van der Waals surface area contributed by atoms with E-state index in [-0.39, 0.29) is 21.9 Å². The van der Waals surface area contributed by atoms with E-state index in [1.165, 1.54) is 35.7 Å². The Balaban J connectivity index is 2.34. The van der Waals surface area contributed by atoms with Crippen molar-refractivity contribution in [2.24, 2.45) is 0 Å². The van der Waals surface area contributed by atoms with Crippen LogP contribution in [0.5, 0.6) is 17.2 Å². The topological polar surface area (TPSA) is 105 Å². The van der Waals surface area contributed by atoms with Crippen molar-refractivity contribution in [2.45, 2.75) is 25.7 Å². The van der Waals surface area contributed by atoms with Gasteiger partial charge < -0.3 is 19.9 Å². The zero-order valence-corrected chi connectivity index (χ0v) is 17.7. The average molecular weight is 423 g/mol. The van der Waals surface area contributed by atoms with Crippen molar-refractivity contribution in [1.29, 1.82) is 0 Å². The molecule has 0 bridgehead atoms. The molecule has 0 fully saturated rings. The van der Waals surface area contributed by atoms with E-state index >= 15 is 0 Å². The number of ether oxygens (including phenoxy) is 2. The fraction of sp³-hybridized carbons (Fsp3) is 0.350. The average Bonchev–Trinajstić information content (AvgIpc) is 2.70. The van der Waals surface area contributed by atoms with Crippen LogP contribution < -0.4 is 14.8 Å². The van der Waals surface area contributed by atoms with E-state index in [2.05, 4.69) is 5.32 Å². The first-order chi connectivity index (χ1) is 13.8. The smallest absolute Gasteiger partial charge is 0.255 e. The van der Waals surface area contributed by atoms with Gasteiger partial charge in [0.15, 0.2) is 11.5 Å². The molecule has 8 nitrogen and oxygen atoms in total. The minimum atomic E-state index is -3.73. The number of rotatable bonds is 9. The first-order valence-electron chi connectivity index (χ1n) is 9.23. The number of aromatic hydroxyl groups is 1. The molecule has 0 spiro atoms. The predicted octanol–water partition coefficient (Wildman–Crippen LogP) is 3.08. The maximum Gasteiger partial charge on any atom is 0.255 e. The third kappa shape index (κ3) is 4.99. The molecule has 0 aliphatic rings. The van der Waals surface area contributed by atoms with Crippen LogP contribution in [0.3, 0.4) is 0 Å². The molecule has 2 aromatic carbocycles. The first kappa shape index (κ1) is 22.5. The van der Waals surface area contributed by atoms with Gasteiger partial charge in [0.05, 0.1) is 24.3 Å². The van der Waals surface area contributed by atoms with Gasteiger partial charge >= 0.3 is 0 Å². The predicted molar refractivity (Wildman–Crippen MR) is 110 cm³/mol. The van der Waals surface area contributed by atoms with Gasteiger partial charge in [-0.05, 0) is 43.3 Å². The number of sulfonamides is 1. The van der Waals surface area contributed by atoms with E-state index < -0.39 is 15.9 Å². The number of hydrogen-bond donors (Lipinski definition) is 2. The monoisotopic (exact) mass is 422 g/mol. The Bertz CT molecular complexity index is 971. The molecule has 0 aliphatic carbocycles. The Kier molecular flexibility index (Phi) is 7.46. The molecule has 2 N–H and O–H groups in total. The summed E-state index contributed by atoms with van der Waals surface area (Å²) in [6.45, 7) is 6.39. The summed E-state index contributed by atoms with van der Waals surface area (Å²) in [5.41, 5.74) is 0.262. The van der Waals surface area contributed by atoms with Crippen molar-refractivity contribution < 1.29 is 27.8 Å². The second kappa shape index (κ2) is 9.62. The summed E-state index contributed by atoms with van der Waals surface area (Å²) in [5.74, 6) is 0.122. The molecule has 0 heterocycles. The number of phenols is 1. The van der Waals surface area contributed by atoms with Crippen molar-refractivity contribution in [1.82, 2.24) is 4.31 Å². The van der Waals surface area contributed by atoms with E-state index in [1.807, 2.05) is 6.92 Å². The molecule has 0 aliphatic heterocycles. The van der Waals surface area contributed by atoms with Crippen LogP contribution in [0.15, 0.2) is 41.3 Å². The molecule has 0 aromatic heterocycles. The van der Waals surface area contributed by atoms with E-state index in [9.17, 15) is 18.3 Å². The number of benzene rings is 2. The molecule has 0 saturated carbocycles. The number of carbonyl (C=O) groups excluding carboxylic acids is 1. The number of amides is 1. The van der Waals surface area contributed by atoms with Gasteiger partial charge in [-0.3, -0.25) is 4.79 Å². The Labute approximate surface area is 171 Å². The molecule has 158 valence electrons. The SMILES string of the molecule is CCOc1ccc(C(=O)Nc2cc(S(=O)(=O)N(CC)CC)ccc2O)cc1OC. The van der Waals surface area contributed by atoms with Crippen LogP contribution in [0.4, 0.5) is 5.69 Å². The standard InChI is InChI=1S/C20H26N2O6S/c1-5-22(6-2)29(25,26)15-9-10-17(23)16(13-15)21-20(24)14-8-11-18(28-7-3)19(12-14)27-4/h8-13,23H,5-7H2,1-4H3,(H,21,24). The molecule has 0 atom stereocenters. The molecule has 29 heavy (non-hydrogen) atoms. The highest BCUT2D eigenvalue weighted by Gasteiger charge is 2.23. The number of phenolic OH excluding ortho intramolecular Hbond substituents is 1. The van der Waals surface area contributed by atoms with Crippen molar-refractivity contribution in [3.8, 4) is 17.2 Å². The summed E-state index contributed by atoms with van der Waals surface area (Å²) in [6, 6.07) is 8.46. The minimum absolute atomic E-state index is 0.00363. The van der Waals surface area contributed by atoms with Crippen LogP contribution in [0.1, 0.15) is 31.1 Å². The normalized spacial score (nSPS) is 11.3. The summed E-state index contributed by atoms with van der Waals surface area (Å²) >= 11 is 0. The summed E-state index contributed by atoms with van der Waals surface area (Å²) < 4.78 is 37.4. The number of anilines is 1. The maximum atomic E-state index is 12.7. The van der Waals surface area contributed by atoms with Crippen LogP contribution in [-0.4, -0.2) is 50.5 Å². The van der Waals surface area contributed by atoms with Gasteiger partial charge in [-0.25, -0.2) is 8.42 Å². The highest BCUT2D eigenvalue weighted by molar-refractivity contribution is 7.89. The maximum absolute atomic E-state index is 12.7. The summed E-state index contributed by atoms with van der Waals surface area (Å²) in [6.07, 6.45) is 0. The summed E-state index contributed by atoms with van der Waals surface area (Å²) in [7, 11) is -2.26. The van der Waals surface area contributed by atoms with Gasteiger partial charge in [0.25, 0.3) is 5.91 Å². The van der Waals surface area contributed by atoms with Crippen LogP contribution in [-0.2, 0) is 10.0 Å². The van der Waals surface area contributed by atoms with Crippen LogP contribution in [0.25, 0.3) is 0 Å². The second-order valence-electron chi connectivity index (χ2n) is 6.02. The molecular formula is C20H26N2O6S. The van der Waals surface area contributed by atoms with E-state index in [0.717, 1.165) is 0 Å². The largest absolute Gasteiger partial charge is 0.506 e. The number of hydrogen-bond acceptors (Lipinski definition) is 6. The highest BCUT2D eigenvalue weighted by atomic mass is 32.2. The molecule has 0 unspecified atom stereocenters. The van der Waals surface area contributed by atoms with Crippen molar-refractivity contribution in [3.63, 3.8) is 0 Å². The van der Waals surface area contributed by atoms with E-state index in [4.69, 9.17) is 9.47 Å². The van der Waals surface area contributed by atoms with Gasteiger partial charge in [-0.2, -0.15) is 4.31 Å². The summed E-state index contributed by atoms with van der Waals surface area (Å²) in [5, 5.41) is 12.6. The van der Waals surface area contributed by atoms with Crippen LogP contribution in [0.2, 0.25) is 0 Å². The number of carbonyl (C=O) groups is 1. The molecular weight excluding hydrogens is 396 g/mol. The third-order valence-corrected chi connectivity index (χ3v) is 6.33. The molecule has 9 heteroatoms. The van der Waals surface area contributed by atoms with Crippen LogP contribution >= 0.6 is 0 Å². The quantitative estimate of drug-likeness (QED) is 0.602. The Morgan fingerprint density at radius 3 is 2.34 bits per heavy atom. The minimum Gasteiger partial charge on any atom is -0.506 e. The van der Waals surface area contributed by atoms with Crippen molar-refractivity contribution in [2.75, 3.05) is 32.1 Å². The molecule has 0 radical (unpaired) electrons. The second-order valence-corrected chi connectivity index (χ2v) is 7.96. The van der Waals surface area contributed by atoms with Crippen molar-refractivity contribution >= 4 is 21.6 Å². The summed E-state index contributed by atoms with van der Waals surface area (Å²) in [4.78, 5) is 12.6. The van der Waals surface area contributed by atoms with Gasteiger partial charge in [0.2, 0.25) is 10.0 Å².